The van der Waals surface area contributed by atoms with Crippen LogP contribution < -0.4 is 0 Å². The average molecular weight is 255 g/mol. The van der Waals surface area contributed by atoms with Gasteiger partial charge in [-0.1, -0.05) is 22.4 Å². The van der Waals surface area contributed by atoms with E-state index in [1.54, 1.807) is 0 Å². The molecule has 0 N–H and O–H groups in total. The summed E-state index contributed by atoms with van der Waals surface area (Å²) in [6.45, 7) is 0. The van der Waals surface area contributed by atoms with Crippen molar-refractivity contribution in [1.29, 1.82) is 0 Å². The zero-order valence-electron chi connectivity index (χ0n) is 7.82. The van der Waals surface area contributed by atoms with E-state index in [0.717, 1.165) is 6.42 Å². The van der Waals surface area contributed by atoms with E-state index in [4.69, 9.17) is 0 Å². The number of alkyl halides is 3. The first-order valence-electron chi connectivity index (χ1n) is 5.10. The predicted octanol–water partition coefficient (Wildman–Crippen LogP) is 4.38. The van der Waals surface area contributed by atoms with Crippen LogP contribution in [0.15, 0.2) is 0 Å². The highest BCUT2D eigenvalue weighted by Gasteiger charge is 2.18. The molecule has 1 aliphatic carbocycles. The fourth-order valence-electron chi connectivity index (χ4n) is 1.97. The summed E-state index contributed by atoms with van der Waals surface area (Å²) in [5.74, 6) is 0.715. The van der Waals surface area contributed by atoms with E-state index in [1.165, 1.54) is 25.7 Å². The monoisotopic (exact) mass is 254 g/mol. The van der Waals surface area contributed by atoms with Crippen molar-refractivity contribution >= 4 is 15.9 Å². The number of rotatable bonds is 4. The molecule has 0 atom stereocenters. The lowest BCUT2D eigenvalue weighted by atomic mass is 9.86. The third-order valence-corrected chi connectivity index (χ3v) is 3.73. The summed E-state index contributed by atoms with van der Waals surface area (Å²) in [7, 11) is 0. The van der Waals surface area contributed by atoms with Crippen LogP contribution in [0.2, 0.25) is 0 Å². The van der Waals surface area contributed by atoms with Crippen LogP contribution in [0.5, 0.6) is 0 Å². The van der Waals surface area contributed by atoms with E-state index in [0.29, 0.717) is 17.2 Å². The maximum absolute atomic E-state index is 11.8. The summed E-state index contributed by atoms with van der Waals surface area (Å²) in [6.07, 6.45) is 4.58. The van der Waals surface area contributed by atoms with Crippen molar-refractivity contribution in [3.05, 3.63) is 0 Å². The summed E-state index contributed by atoms with van der Waals surface area (Å²) in [5.41, 5.74) is 0. The van der Waals surface area contributed by atoms with Gasteiger partial charge in [0.1, 0.15) is 0 Å². The zero-order valence-corrected chi connectivity index (χ0v) is 9.40. The third kappa shape index (κ3) is 4.94. The molecule has 0 nitrogen and oxygen atoms in total. The van der Waals surface area contributed by atoms with Crippen LogP contribution in [0.3, 0.4) is 0 Å². The SMILES string of the molecule is FC(F)CCCC1CCC(Br)CC1. The van der Waals surface area contributed by atoms with Gasteiger partial charge in [-0.3, -0.25) is 0 Å². The Morgan fingerprint density at radius 2 is 1.77 bits per heavy atom. The van der Waals surface area contributed by atoms with Gasteiger partial charge in [-0.15, -0.1) is 0 Å². The van der Waals surface area contributed by atoms with E-state index < -0.39 is 6.43 Å². The Morgan fingerprint density at radius 3 is 2.31 bits per heavy atom. The molecular weight excluding hydrogens is 238 g/mol. The molecule has 0 aromatic rings. The fourth-order valence-corrected chi connectivity index (χ4v) is 2.50. The Labute approximate surface area is 87.2 Å². The van der Waals surface area contributed by atoms with Crippen molar-refractivity contribution in [3.8, 4) is 0 Å². The molecule has 0 heterocycles. The van der Waals surface area contributed by atoms with Gasteiger partial charge in [-0.2, -0.15) is 0 Å². The third-order valence-electron chi connectivity index (χ3n) is 2.81. The first-order chi connectivity index (χ1) is 6.18. The quantitative estimate of drug-likeness (QED) is 0.654. The molecule has 1 saturated carbocycles. The van der Waals surface area contributed by atoms with Crippen LogP contribution in [0.1, 0.15) is 44.9 Å². The molecule has 13 heavy (non-hydrogen) atoms. The average Bonchev–Trinajstić information content (AvgIpc) is 2.08. The fraction of sp³-hybridized carbons (Fsp3) is 1.00. The van der Waals surface area contributed by atoms with E-state index in [2.05, 4.69) is 15.9 Å². The maximum Gasteiger partial charge on any atom is 0.238 e. The first kappa shape index (κ1) is 11.4. The molecule has 0 aromatic heterocycles. The van der Waals surface area contributed by atoms with Crippen molar-refractivity contribution in [3.63, 3.8) is 0 Å². The van der Waals surface area contributed by atoms with Gasteiger partial charge in [-0.05, 0) is 38.0 Å². The summed E-state index contributed by atoms with van der Waals surface area (Å²) < 4.78 is 23.7. The second-order valence-electron chi connectivity index (χ2n) is 3.94. The van der Waals surface area contributed by atoms with E-state index >= 15 is 0 Å². The second-order valence-corrected chi connectivity index (χ2v) is 5.23. The van der Waals surface area contributed by atoms with Gasteiger partial charge < -0.3 is 0 Å². The van der Waals surface area contributed by atoms with Crippen molar-refractivity contribution < 1.29 is 8.78 Å². The molecule has 1 fully saturated rings. The molecule has 78 valence electrons. The van der Waals surface area contributed by atoms with Crippen LogP contribution in [0, 0.1) is 5.92 Å². The number of halogens is 3. The van der Waals surface area contributed by atoms with E-state index in [-0.39, 0.29) is 6.42 Å². The van der Waals surface area contributed by atoms with Crippen molar-refractivity contribution in [2.45, 2.75) is 56.2 Å². The highest BCUT2D eigenvalue weighted by molar-refractivity contribution is 9.09. The number of hydrogen-bond acceptors (Lipinski definition) is 0. The zero-order chi connectivity index (χ0) is 9.68. The standard InChI is InChI=1S/C10H17BrF2/c11-9-6-4-8(5-7-9)2-1-3-10(12)13/h8-10H,1-7H2. The maximum atomic E-state index is 11.8. The largest absolute Gasteiger partial charge is 0.238 e. The van der Waals surface area contributed by atoms with E-state index in [1.807, 2.05) is 0 Å². The topological polar surface area (TPSA) is 0 Å². The molecule has 0 amide bonds. The highest BCUT2D eigenvalue weighted by Crippen LogP contribution is 2.31. The molecule has 0 spiro atoms. The van der Waals surface area contributed by atoms with Crippen LogP contribution in [-0.4, -0.2) is 11.3 Å². The molecule has 0 radical (unpaired) electrons. The van der Waals surface area contributed by atoms with Crippen LogP contribution in [-0.2, 0) is 0 Å². The Kier molecular flexibility index (Phi) is 5.22. The Balaban J connectivity index is 2.02. The minimum Gasteiger partial charge on any atom is -0.211 e. The van der Waals surface area contributed by atoms with Crippen molar-refractivity contribution in [2.24, 2.45) is 5.92 Å². The Bertz CT molecular complexity index is 131. The van der Waals surface area contributed by atoms with Gasteiger partial charge in [-0.25, -0.2) is 8.78 Å². The van der Waals surface area contributed by atoms with Gasteiger partial charge in [0, 0.05) is 11.2 Å². The molecule has 0 aromatic carbocycles. The Morgan fingerprint density at radius 1 is 1.15 bits per heavy atom. The summed E-state index contributed by atoms with van der Waals surface area (Å²) >= 11 is 3.59. The lowest BCUT2D eigenvalue weighted by Gasteiger charge is -2.24. The number of hydrogen-bond donors (Lipinski definition) is 0. The van der Waals surface area contributed by atoms with E-state index in [9.17, 15) is 8.78 Å². The smallest absolute Gasteiger partial charge is 0.211 e. The predicted molar refractivity (Wildman–Crippen MR) is 54.5 cm³/mol. The molecule has 0 bridgehead atoms. The summed E-state index contributed by atoms with van der Waals surface area (Å²) in [4.78, 5) is 0.679. The Hall–Kier alpha value is 0.340. The first-order valence-corrected chi connectivity index (χ1v) is 6.02. The molecule has 1 aliphatic rings. The highest BCUT2D eigenvalue weighted by atomic mass is 79.9. The molecule has 0 aliphatic heterocycles. The van der Waals surface area contributed by atoms with Gasteiger partial charge in [0.05, 0.1) is 0 Å². The normalized spacial score (nSPS) is 29.5. The molecule has 1 rings (SSSR count). The van der Waals surface area contributed by atoms with Gasteiger partial charge in [0.2, 0.25) is 6.43 Å². The molecular formula is C10H17BrF2. The van der Waals surface area contributed by atoms with Crippen LogP contribution >= 0.6 is 15.9 Å². The molecule has 0 unspecified atom stereocenters. The summed E-state index contributed by atoms with van der Waals surface area (Å²) in [5, 5.41) is 0. The van der Waals surface area contributed by atoms with Gasteiger partial charge in [0.15, 0.2) is 0 Å². The minimum atomic E-state index is -2.10. The van der Waals surface area contributed by atoms with Gasteiger partial charge >= 0.3 is 0 Å². The molecule has 3 heteroatoms. The lowest BCUT2D eigenvalue weighted by Crippen LogP contribution is -2.14. The van der Waals surface area contributed by atoms with Crippen molar-refractivity contribution in [2.75, 3.05) is 0 Å². The van der Waals surface area contributed by atoms with Crippen LogP contribution in [0.4, 0.5) is 8.78 Å². The lowest BCUT2D eigenvalue weighted by molar-refractivity contribution is 0.130. The minimum absolute atomic E-state index is 0.0915. The summed E-state index contributed by atoms with van der Waals surface area (Å²) in [6, 6.07) is 0. The second kappa shape index (κ2) is 5.94. The van der Waals surface area contributed by atoms with Crippen molar-refractivity contribution in [1.82, 2.24) is 0 Å². The van der Waals surface area contributed by atoms with Gasteiger partial charge in [0.25, 0.3) is 0 Å². The molecule has 0 saturated heterocycles. The van der Waals surface area contributed by atoms with Crippen LogP contribution in [0.25, 0.3) is 0 Å².